The van der Waals surface area contributed by atoms with E-state index in [-0.39, 0.29) is 12.2 Å². The first kappa shape index (κ1) is 19.6. The van der Waals surface area contributed by atoms with Crippen LogP contribution in [-0.4, -0.2) is 38.7 Å². The van der Waals surface area contributed by atoms with Crippen molar-refractivity contribution >= 4 is 43.6 Å². The van der Waals surface area contributed by atoms with Crippen LogP contribution in [0.3, 0.4) is 0 Å². The molecule has 2 N–H and O–H groups in total. The van der Waals surface area contributed by atoms with E-state index >= 15 is 0 Å². The molecule has 0 fully saturated rings. The van der Waals surface area contributed by atoms with Crippen LogP contribution in [0, 0.1) is 0 Å². The van der Waals surface area contributed by atoms with Crippen LogP contribution in [0.25, 0.3) is 22.1 Å². The molecule has 158 valence electrons. The fourth-order valence-electron chi connectivity index (χ4n) is 3.75. The van der Waals surface area contributed by atoms with Crippen molar-refractivity contribution in [1.82, 2.24) is 19.9 Å². The maximum absolute atomic E-state index is 11.1. The molecule has 3 heterocycles. The number of aromatic nitrogens is 4. The van der Waals surface area contributed by atoms with Gasteiger partial charge >= 0.3 is 0 Å². The Morgan fingerprint density at radius 3 is 2.61 bits per heavy atom. The van der Waals surface area contributed by atoms with Gasteiger partial charge in [0, 0.05) is 18.6 Å². The Kier molecular flexibility index (Phi) is 4.67. The lowest BCUT2D eigenvalue weighted by atomic mass is 10.1. The number of para-hydroxylation sites is 1. The largest absolute Gasteiger partial charge is 0.450 e. The van der Waals surface area contributed by atoms with Gasteiger partial charge < -0.3 is 10.1 Å². The van der Waals surface area contributed by atoms with Crippen LogP contribution in [0.2, 0.25) is 0 Å². The van der Waals surface area contributed by atoms with Crippen molar-refractivity contribution in [2.75, 3.05) is 11.1 Å². The summed E-state index contributed by atoms with van der Waals surface area (Å²) in [6.07, 6.45) is 6.41. The predicted octanol–water partition coefficient (Wildman–Crippen LogP) is 3.81. The lowest BCUT2D eigenvalue weighted by Gasteiger charge is -2.25. The molecule has 0 atom stereocenters. The average Bonchev–Trinajstić information content (AvgIpc) is 2.77. The van der Waals surface area contributed by atoms with Crippen LogP contribution >= 0.6 is 0 Å². The normalized spacial score (nSPS) is 12.8. The van der Waals surface area contributed by atoms with Crippen LogP contribution in [-0.2, 0) is 23.0 Å². The summed E-state index contributed by atoms with van der Waals surface area (Å²) in [6.45, 7) is 2.02. The van der Waals surface area contributed by atoms with E-state index in [1.807, 2.05) is 25.1 Å². The predicted molar refractivity (Wildman–Crippen MR) is 117 cm³/mol. The molecule has 2 aromatic carbocycles. The smallest absolute Gasteiger partial charge is 0.264 e. The van der Waals surface area contributed by atoms with Crippen molar-refractivity contribution in [3.63, 3.8) is 0 Å². The minimum absolute atomic E-state index is 0.273. The summed E-state index contributed by atoms with van der Waals surface area (Å²) in [4.78, 5) is 18.3. The molecule has 10 heteroatoms. The second-order valence-corrected chi connectivity index (χ2v) is 8.85. The Morgan fingerprint density at radius 1 is 1.03 bits per heavy atom. The molecule has 0 unspecified atom stereocenters. The highest BCUT2D eigenvalue weighted by atomic mass is 32.2. The van der Waals surface area contributed by atoms with E-state index in [9.17, 15) is 8.42 Å². The third-order valence-corrected chi connectivity index (χ3v) is 6.00. The molecule has 9 nitrogen and oxygen atoms in total. The molecule has 4 aromatic rings. The summed E-state index contributed by atoms with van der Waals surface area (Å²) in [5.41, 5.74) is 5.56. The number of aryl methyl sites for hydroxylation is 2. The quantitative estimate of drug-likeness (QED) is 0.312. The van der Waals surface area contributed by atoms with Gasteiger partial charge in [0.2, 0.25) is 0 Å². The van der Waals surface area contributed by atoms with Gasteiger partial charge in [-0.1, -0.05) is 19.1 Å². The topological polar surface area (TPSA) is 127 Å². The number of hydrogen-bond acceptors (Lipinski definition) is 8. The number of hydrogen-bond donors (Lipinski definition) is 2. The average molecular weight is 437 g/mol. The number of benzene rings is 2. The van der Waals surface area contributed by atoms with Gasteiger partial charge in [0.25, 0.3) is 10.1 Å². The Labute approximate surface area is 178 Å². The van der Waals surface area contributed by atoms with E-state index in [2.05, 4.69) is 20.3 Å². The first-order valence-corrected chi connectivity index (χ1v) is 11.5. The molecular formula is C21H19N5O4S. The molecule has 0 amide bonds. The van der Waals surface area contributed by atoms with Crippen molar-refractivity contribution in [2.45, 2.75) is 26.2 Å². The molecule has 0 spiro atoms. The first-order chi connectivity index (χ1) is 14.9. The summed E-state index contributed by atoms with van der Waals surface area (Å²) in [7, 11) is -4.01. The molecule has 0 bridgehead atoms. The zero-order chi connectivity index (χ0) is 21.6. The van der Waals surface area contributed by atoms with Gasteiger partial charge in [0.15, 0.2) is 11.5 Å². The Bertz CT molecular complexity index is 1440. The first-order valence-electron chi connectivity index (χ1n) is 9.89. The highest BCUT2D eigenvalue weighted by Crippen LogP contribution is 2.49. The van der Waals surface area contributed by atoms with E-state index in [0.717, 1.165) is 23.4 Å². The second-order valence-electron chi connectivity index (χ2n) is 7.28. The van der Waals surface area contributed by atoms with Gasteiger partial charge in [-0.05, 0) is 30.9 Å². The SMILES string of the molecule is CCc1cnc2c3c(c4nccnc4c2n1)Oc1c(CCCS(=O)(=O)O)cccc1N3. The summed E-state index contributed by atoms with van der Waals surface area (Å²) >= 11 is 0. The lowest BCUT2D eigenvalue weighted by Crippen LogP contribution is -2.10. The lowest BCUT2D eigenvalue weighted by molar-refractivity contribution is 0.474. The fourth-order valence-corrected chi connectivity index (χ4v) is 4.25. The number of rotatable bonds is 5. The van der Waals surface area contributed by atoms with Crippen molar-refractivity contribution in [3.05, 3.63) is 48.0 Å². The standard InChI is InChI=1S/C21H19N5O4S/c1-2-13-11-24-16-17(25-13)15-18(23-9-8-22-15)21-19(16)26-14-7-3-5-12(20(14)30-21)6-4-10-31(27,28)29/h3,5,7-9,11,26H,2,4,6,10H2,1H3,(H,27,28,29). The van der Waals surface area contributed by atoms with Gasteiger partial charge in [0.05, 0.1) is 17.1 Å². The van der Waals surface area contributed by atoms with Crippen molar-refractivity contribution < 1.29 is 17.7 Å². The number of nitrogens with zero attached hydrogens (tertiary/aromatic N) is 4. The van der Waals surface area contributed by atoms with Gasteiger partial charge in [0.1, 0.15) is 27.8 Å². The van der Waals surface area contributed by atoms with E-state index in [0.29, 0.717) is 45.7 Å². The zero-order valence-corrected chi connectivity index (χ0v) is 17.5. The number of ether oxygens (including phenoxy) is 1. The van der Waals surface area contributed by atoms with Gasteiger partial charge in [-0.3, -0.25) is 14.5 Å². The minimum Gasteiger partial charge on any atom is -0.450 e. The van der Waals surface area contributed by atoms with Gasteiger partial charge in [-0.2, -0.15) is 8.42 Å². The molecule has 1 aliphatic rings. The number of anilines is 2. The maximum atomic E-state index is 11.1. The molecule has 0 aliphatic carbocycles. The molecule has 5 rings (SSSR count). The highest BCUT2D eigenvalue weighted by Gasteiger charge is 2.27. The fraction of sp³-hybridized carbons (Fsp3) is 0.238. The molecule has 0 saturated heterocycles. The zero-order valence-electron chi connectivity index (χ0n) is 16.7. The molecule has 0 radical (unpaired) electrons. The van der Waals surface area contributed by atoms with Crippen LogP contribution in [0.5, 0.6) is 11.5 Å². The third-order valence-electron chi connectivity index (χ3n) is 5.19. The Hall–Kier alpha value is -3.37. The van der Waals surface area contributed by atoms with Gasteiger partial charge in [-0.15, -0.1) is 0 Å². The highest BCUT2D eigenvalue weighted by molar-refractivity contribution is 7.85. The van der Waals surface area contributed by atoms with Gasteiger partial charge in [-0.25, -0.2) is 9.97 Å². The third kappa shape index (κ3) is 3.53. The molecule has 0 saturated carbocycles. The number of fused-ring (bicyclic) bond motifs is 7. The van der Waals surface area contributed by atoms with Crippen LogP contribution in [0.4, 0.5) is 11.4 Å². The molecule has 2 aromatic heterocycles. The number of nitrogens with one attached hydrogen (secondary N) is 1. The van der Waals surface area contributed by atoms with Crippen LogP contribution < -0.4 is 10.1 Å². The van der Waals surface area contributed by atoms with E-state index < -0.39 is 10.1 Å². The van der Waals surface area contributed by atoms with Crippen molar-refractivity contribution in [2.24, 2.45) is 0 Å². The monoisotopic (exact) mass is 437 g/mol. The molecule has 1 aliphatic heterocycles. The van der Waals surface area contributed by atoms with Crippen LogP contribution in [0.1, 0.15) is 24.6 Å². The summed E-state index contributed by atoms with van der Waals surface area (Å²) < 4.78 is 37.5. The summed E-state index contributed by atoms with van der Waals surface area (Å²) in [6, 6.07) is 5.62. The van der Waals surface area contributed by atoms with E-state index in [1.54, 1.807) is 18.6 Å². The molecular weight excluding hydrogens is 418 g/mol. The van der Waals surface area contributed by atoms with Crippen molar-refractivity contribution in [1.29, 1.82) is 0 Å². The van der Waals surface area contributed by atoms with E-state index in [4.69, 9.17) is 14.3 Å². The summed E-state index contributed by atoms with van der Waals surface area (Å²) in [5, 5.41) is 3.40. The summed E-state index contributed by atoms with van der Waals surface area (Å²) in [5.74, 6) is 0.786. The maximum Gasteiger partial charge on any atom is 0.264 e. The van der Waals surface area contributed by atoms with E-state index in [1.165, 1.54) is 0 Å². The minimum atomic E-state index is -4.01. The second kappa shape index (κ2) is 7.40. The Morgan fingerprint density at radius 2 is 1.84 bits per heavy atom. The van der Waals surface area contributed by atoms with Crippen LogP contribution in [0.15, 0.2) is 36.8 Å². The Balaban J connectivity index is 1.64. The molecule has 31 heavy (non-hydrogen) atoms. The van der Waals surface area contributed by atoms with Crippen molar-refractivity contribution in [3.8, 4) is 11.5 Å².